The minimum atomic E-state index is -2.33. The molecule has 0 saturated heterocycles. The molecular formula is C27H23N5O. The van der Waals surface area contributed by atoms with E-state index in [4.69, 9.17) is 9.10 Å². The van der Waals surface area contributed by atoms with E-state index in [0.29, 0.717) is 18.1 Å². The Morgan fingerprint density at radius 2 is 2.03 bits per heavy atom. The lowest BCUT2D eigenvalue weighted by Crippen LogP contribution is -2.33. The molecular weight excluding hydrogens is 410 g/mol. The largest absolute Gasteiger partial charge is 0.385 e. The summed E-state index contributed by atoms with van der Waals surface area (Å²) in [6.07, 6.45) is 4.90. The number of rotatable bonds is 2. The fourth-order valence-electron chi connectivity index (χ4n) is 4.76. The molecule has 6 heteroatoms. The first-order valence-electron chi connectivity index (χ1n) is 12.3. The summed E-state index contributed by atoms with van der Waals surface area (Å²) in [5.41, 5.74) is 5.24. The Kier molecular flexibility index (Phi) is 3.68. The summed E-state index contributed by atoms with van der Waals surface area (Å²) in [7, 11) is 0. The number of imidazole rings is 1. The van der Waals surface area contributed by atoms with Crippen molar-refractivity contribution in [2.75, 3.05) is 6.98 Å². The summed E-state index contributed by atoms with van der Waals surface area (Å²) in [5.74, 6) is 7.27. The molecule has 6 nitrogen and oxygen atoms in total. The highest BCUT2D eigenvalue weighted by Gasteiger charge is 2.34. The molecule has 4 heterocycles. The van der Waals surface area contributed by atoms with Gasteiger partial charge in [0.1, 0.15) is 11.9 Å². The molecule has 1 N–H and O–H groups in total. The van der Waals surface area contributed by atoms with Crippen molar-refractivity contribution in [1.29, 1.82) is 0 Å². The van der Waals surface area contributed by atoms with Crippen LogP contribution in [0.1, 0.15) is 53.7 Å². The minimum Gasteiger partial charge on any atom is -0.385 e. The van der Waals surface area contributed by atoms with Gasteiger partial charge in [0.2, 0.25) is 0 Å². The van der Waals surface area contributed by atoms with Crippen molar-refractivity contribution in [1.82, 2.24) is 24.4 Å². The van der Waals surface area contributed by atoms with Crippen molar-refractivity contribution in [3.8, 4) is 23.0 Å². The summed E-state index contributed by atoms with van der Waals surface area (Å²) in [4.78, 5) is 14.9. The summed E-state index contributed by atoms with van der Waals surface area (Å²) in [6, 6.07) is 11.3. The van der Waals surface area contributed by atoms with Gasteiger partial charge in [-0.1, -0.05) is 24.1 Å². The zero-order valence-corrected chi connectivity index (χ0v) is 18.2. The fourth-order valence-corrected chi connectivity index (χ4v) is 4.76. The maximum atomic E-state index is 9.74. The second-order valence-electron chi connectivity index (χ2n) is 8.36. The Morgan fingerprint density at radius 3 is 2.79 bits per heavy atom. The van der Waals surface area contributed by atoms with Crippen LogP contribution in [0.15, 0.2) is 48.8 Å². The van der Waals surface area contributed by atoms with Gasteiger partial charge in [0.15, 0.2) is 5.82 Å². The first kappa shape index (κ1) is 16.7. The van der Waals surface area contributed by atoms with Crippen LogP contribution in [0.3, 0.4) is 0 Å². The van der Waals surface area contributed by atoms with Crippen LogP contribution in [0, 0.1) is 11.8 Å². The first-order chi connectivity index (χ1) is 17.3. The van der Waals surface area contributed by atoms with Crippen molar-refractivity contribution >= 4 is 22.9 Å². The van der Waals surface area contributed by atoms with E-state index in [9.17, 15) is 5.11 Å². The number of fused-ring (bicyclic) bond motifs is 8. The lowest BCUT2D eigenvalue weighted by Gasteiger charge is -2.20. The van der Waals surface area contributed by atoms with E-state index in [1.54, 1.807) is 32.4 Å². The summed E-state index contributed by atoms with van der Waals surface area (Å²) < 4.78 is 26.8. The number of benzene rings is 2. The third-order valence-electron chi connectivity index (χ3n) is 6.27. The van der Waals surface area contributed by atoms with Crippen LogP contribution in [0.4, 0.5) is 0 Å². The molecule has 0 fully saturated rings. The Morgan fingerprint density at radius 1 is 1.18 bits per heavy atom. The monoisotopic (exact) mass is 436 g/mol. The molecule has 0 radical (unpaired) electrons. The summed E-state index contributed by atoms with van der Waals surface area (Å²) >= 11 is 0. The molecule has 2 aromatic heterocycles. The van der Waals surface area contributed by atoms with Crippen LogP contribution < -0.4 is 10.4 Å². The third kappa shape index (κ3) is 2.97. The Bertz CT molecular complexity index is 1710. The smallest absolute Gasteiger partial charge is 0.156 e. The number of nitrogens with zero attached hydrogens (tertiary/aromatic N) is 5. The van der Waals surface area contributed by atoms with Gasteiger partial charge in [-0.2, -0.15) is 0 Å². The molecule has 0 amide bonds. The maximum absolute atomic E-state index is 9.74. The van der Waals surface area contributed by atoms with Crippen LogP contribution in [-0.2, 0) is 0 Å². The standard InChI is InChI=1S/C27H23N5O/c1-4-6-17-7-5-8-19-15-31(3)24-12-23(25(17)19)32-22-11-18(9-10-21(22)30-27(24)32)20-13-28-26(16(2)33)29-14-20/h5,7-11,13-16,24,33H,12H2,1-3H3/t16?,24-/m1/s1/i3D3. The highest BCUT2D eigenvalue weighted by atomic mass is 16.3. The lowest BCUT2D eigenvalue weighted by atomic mass is 10.1. The van der Waals surface area contributed by atoms with Crippen LogP contribution in [0.5, 0.6) is 0 Å². The number of aliphatic hydroxyl groups excluding tert-OH is 1. The minimum absolute atomic E-state index is 0.368. The van der Waals surface area contributed by atoms with Gasteiger partial charge in [-0.3, -0.25) is 4.57 Å². The predicted molar refractivity (Wildman–Crippen MR) is 128 cm³/mol. The second-order valence-corrected chi connectivity index (χ2v) is 8.36. The van der Waals surface area contributed by atoms with E-state index in [1.807, 2.05) is 36.4 Å². The summed E-state index contributed by atoms with van der Waals surface area (Å²) in [6.45, 7) is 1.10. The molecule has 33 heavy (non-hydrogen) atoms. The van der Waals surface area contributed by atoms with Gasteiger partial charge in [0, 0.05) is 63.4 Å². The molecule has 4 aromatic rings. The van der Waals surface area contributed by atoms with E-state index >= 15 is 0 Å². The van der Waals surface area contributed by atoms with Crippen LogP contribution in [0.2, 0.25) is 0 Å². The van der Waals surface area contributed by atoms with E-state index in [-0.39, 0.29) is 0 Å². The number of hydrogen-bond acceptors (Lipinski definition) is 5. The van der Waals surface area contributed by atoms with Crippen molar-refractivity contribution < 1.29 is 9.22 Å². The molecule has 6 rings (SSSR count). The molecule has 2 aliphatic heterocycles. The number of aromatic nitrogens is 4. The summed E-state index contributed by atoms with van der Waals surface area (Å²) in [5, 5.41) is 11.5. The highest BCUT2D eigenvalue weighted by molar-refractivity contribution is 5.86. The quantitative estimate of drug-likeness (QED) is 0.490. The maximum Gasteiger partial charge on any atom is 0.156 e. The van der Waals surface area contributed by atoms with Gasteiger partial charge in [-0.05, 0) is 37.6 Å². The molecule has 162 valence electrons. The van der Waals surface area contributed by atoms with Crippen LogP contribution in [-0.4, -0.2) is 36.5 Å². The third-order valence-corrected chi connectivity index (χ3v) is 6.27. The Balaban J connectivity index is 1.65. The SMILES string of the molecule is [2H]C([2H])([2H])N1C=c2cccc(C#CC)c2=C2C[C@@H]1c1nc3ccc(-c4cnc(C(C)O)nc4)cc3n12. The van der Waals surface area contributed by atoms with E-state index in [2.05, 4.69) is 26.4 Å². The molecule has 0 aliphatic carbocycles. The molecule has 1 unspecified atom stereocenters. The lowest BCUT2D eigenvalue weighted by molar-refractivity contribution is 0.189. The molecule has 2 aromatic carbocycles. The Hall–Kier alpha value is -3.95. The predicted octanol–water partition coefficient (Wildman–Crippen LogP) is 2.70. The Labute approximate surface area is 195 Å². The average molecular weight is 437 g/mol. The fraction of sp³-hybridized carbons (Fsp3) is 0.222. The molecule has 0 saturated carbocycles. The first-order valence-corrected chi connectivity index (χ1v) is 10.8. The number of hydrogen-bond donors (Lipinski definition) is 1. The van der Waals surface area contributed by atoms with Crippen molar-refractivity contribution in [2.24, 2.45) is 0 Å². The average Bonchev–Trinajstić information content (AvgIpc) is 3.32. The van der Waals surface area contributed by atoms with Gasteiger partial charge in [-0.15, -0.1) is 5.92 Å². The van der Waals surface area contributed by atoms with E-state index < -0.39 is 19.1 Å². The van der Waals surface area contributed by atoms with Crippen LogP contribution in [0.25, 0.3) is 34.1 Å². The zero-order chi connectivity index (χ0) is 25.2. The van der Waals surface area contributed by atoms with Crippen LogP contribution >= 0.6 is 0 Å². The zero-order valence-electron chi connectivity index (χ0n) is 21.2. The molecule has 2 atom stereocenters. The van der Waals surface area contributed by atoms with Crippen molar-refractivity contribution in [2.45, 2.75) is 32.4 Å². The van der Waals surface area contributed by atoms with Gasteiger partial charge in [0.05, 0.1) is 17.1 Å². The van der Waals surface area contributed by atoms with Crippen molar-refractivity contribution in [3.63, 3.8) is 0 Å². The van der Waals surface area contributed by atoms with Gasteiger partial charge >= 0.3 is 0 Å². The molecule has 0 spiro atoms. The molecule has 2 aliphatic rings. The van der Waals surface area contributed by atoms with Gasteiger partial charge in [-0.25, -0.2) is 15.0 Å². The van der Waals surface area contributed by atoms with Crippen molar-refractivity contribution in [3.05, 3.63) is 76.4 Å². The number of aliphatic hydroxyl groups is 1. The topological polar surface area (TPSA) is 67.1 Å². The van der Waals surface area contributed by atoms with E-state index in [1.165, 1.54) is 4.90 Å². The second kappa shape index (κ2) is 7.29. The normalized spacial score (nSPS) is 18.8. The van der Waals surface area contributed by atoms with Gasteiger partial charge < -0.3 is 10.0 Å². The molecule has 2 bridgehead atoms. The van der Waals surface area contributed by atoms with E-state index in [0.717, 1.165) is 43.9 Å². The van der Waals surface area contributed by atoms with Gasteiger partial charge in [0.25, 0.3) is 0 Å². The highest BCUT2D eigenvalue weighted by Crippen LogP contribution is 2.40.